The van der Waals surface area contributed by atoms with E-state index in [0.29, 0.717) is 13.1 Å². The lowest BCUT2D eigenvalue weighted by atomic mass is 10.3. The quantitative estimate of drug-likeness (QED) is 0.684. The Kier molecular flexibility index (Phi) is 6.77. The van der Waals surface area contributed by atoms with E-state index in [1.54, 1.807) is 12.1 Å². The summed E-state index contributed by atoms with van der Waals surface area (Å²) in [7, 11) is -2.41. The minimum Gasteiger partial charge on any atom is -0.468 e. The Morgan fingerprint density at radius 3 is 2.44 bits per heavy atom. The van der Waals surface area contributed by atoms with E-state index in [-0.39, 0.29) is 42.0 Å². The molecule has 0 atom stereocenters. The van der Waals surface area contributed by atoms with Crippen LogP contribution in [0.5, 0.6) is 0 Å². The highest BCUT2D eigenvalue weighted by Crippen LogP contribution is 2.24. The number of nitrogens with zero attached hydrogens (tertiary/aromatic N) is 2. The minimum atomic E-state index is -3.66. The molecule has 1 saturated heterocycles. The summed E-state index contributed by atoms with van der Waals surface area (Å²) < 4.78 is 31.1. The number of benzene rings is 1. The summed E-state index contributed by atoms with van der Waals surface area (Å²) in [6.07, 6.45) is 0. The van der Waals surface area contributed by atoms with Gasteiger partial charge in [-0.1, -0.05) is 23.7 Å². The highest BCUT2D eigenvalue weighted by atomic mass is 35.5. The molecule has 1 aromatic carbocycles. The van der Waals surface area contributed by atoms with Crippen molar-refractivity contribution in [2.75, 3.05) is 46.4 Å². The molecule has 25 heavy (non-hydrogen) atoms. The van der Waals surface area contributed by atoms with Crippen LogP contribution in [0.1, 0.15) is 0 Å². The molecule has 1 heterocycles. The standard InChI is InChI=1S/C15H20ClN3O5S/c1-24-15(21)10-17-14(20)11-18-6-8-19(9-7-18)25(22,23)13-5-3-2-4-12(13)16/h2-5H,6-11H2,1H3,(H,17,20). The van der Waals surface area contributed by atoms with Gasteiger partial charge in [-0.25, -0.2) is 8.42 Å². The Morgan fingerprint density at radius 2 is 1.84 bits per heavy atom. The van der Waals surface area contributed by atoms with Crippen molar-refractivity contribution in [1.29, 1.82) is 0 Å². The number of nitrogens with one attached hydrogen (secondary N) is 1. The van der Waals surface area contributed by atoms with Crippen LogP contribution >= 0.6 is 11.6 Å². The van der Waals surface area contributed by atoms with Gasteiger partial charge in [0.15, 0.2) is 0 Å². The molecule has 1 aliphatic rings. The number of hydrogen-bond donors (Lipinski definition) is 1. The molecule has 1 amide bonds. The van der Waals surface area contributed by atoms with Crippen molar-refractivity contribution in [3.8, 4) is 0 Å². The van der Waals surface area contributed by atoms with E-state index in [1.165, 1.54) is 23.5 Å². The van der Waals surface area contributed by atoms with Crippen molar-refractivity contribution >= 4 is 33.5 Å². The molecular weight excluding hydrogens is 370 g/mol. The predicted molar refractivity (Wildman–Crippen MR) is 91.7 cm³/mol. The SMILES string of the molecule is COC(=O)CNC(=O)CN1CCN(S(=O)(=O)c2ccccc2Cl)CC1. The molecule has 0 bridgehead atoms. The lowest BCUT2D eigenvalue weighted by Crippen LogP contribution is -2.51. The molecule has 10 heteroatoms. The number of ether oxygens (including phenoxy) is 1. The predicted octanol–water partition coefficient (Wildman–Crippen LogP) is -0.0645. The van der Waals surface area contributed by atoms with E-state index in [4.69, 9.17) is 11.6 Å². The number of sulfonamides is 1. The topological polar surface area (TPSA) is 96.0 Å². The molecular formula is C15H20ClN3O5S. The molecule has 0 radical (unpaired) electrons. The Morgan fingerprint density at radius 1 is 1.20 bits per heavy atom. The van der Waals surface area contributed by atoms with Crippen LogP contribution in [0.2, 0.25) is 5.02 Å². The first-order valence-corrected chi connectivity index (χ1v) is 9.47. The first-order valence-electron chi connectivity index (χ1n) is 7.65. The first-order chi connectivity index (χ1) is 11.8. The molecule has 0 aliphatic carbocycles. The zero-order chi connectivity index (χ0) is 18.4. The van der Waals surface area contributed by atoms with Crippen LogP contribution < -0.4 is 5.32 Å². The van der Waals surface area contributed by atoms with E-state index >= 15 is 0 Å². The smallest absolute Gasteiger partial charge is 0.325 e. The van der Waals surface area contributed by atoms with Crippen molar-refractivity contribution in [2.24, 2.45) is 0 Å². The van der Waals surface area contributed by atoms with Gasteiger partial charge in [-0.05, 0) is 12.1 Å². The highest BCUT2D eigenvalue weighted by Gasteiger charge is 2.30. The third kappa shape index (κ3) is 5.15. The molecule has 1 aliphatic heterocycles. The van der Waals surface area contributed by atoms with Gasteiger partial charge in [0.1, 0.15) is 11.4 Å². The normalized spacial score (nSPS) is 16.4. The summed E-state index contributed by atoms with van der Waals surface area (Å²) in [5.41, 5.74) is 0. The molecule has 0 spiro atoms. The molecule has 1 fully saturated rings. The summed E-state index contributed by atoms with van der Waals surface area (Å²) in [6.45, 7) is 1.26. The number of carbonyl (C=O) groups is 2. The number of esters is 1. The number of methoxy groups -OCH3 is 1. The van der Waals surface area contributed by atoms with E-state index in [1.807, 2.05) is 4.90 Å². The molecule has 1 N–H and O–H groups in total. The number of rotatable bonds is 6. The molecule has 2 rings (SSSR count). The molecule has 0 saturated carbocycles. The second-order valence-electron chi connectivity index (χ2n) is 5.46. The van der Waals surface area contributed by atoms with Crippen LogP contribution in [-0.4, -0.2) is 75.9 Å². The highest BCUT2D eigenvalue weighted by molar-refractivity contribution is 7.89. The minimum absolute atomic E-state index is 0.0842. The van der Waals surface area contributed by atoms with Gasteiger partial charge in [0.05, 0.1) is 18.7 Å². The van der Waals surface area contributed by atoms with E-state index in [9.17, 15) is 18.0 Å². The fraction of sp³-hybridized carbons (Fsp3) is 0.467. The maximum Gasteiger partial charge on any atom is 0.325 e. The Hall–Kier alpha value is -1.68. The van der Waals surface area contributed by atoms with Crippen molar-refractivity contribution in [1.82, 2.24) is 14.5 Å². The van der Waals surface area contributed by atoms with Gasteiger partial charge < -0.3 is 10.1 Å². The number of piperazine rings is 1. The van der Waals surface area contributed by atoms with Crippen LogP contribution in [0.25, 0.3) is 0 Å². The van der Waals surface area contributed by atoms with Gasteiger partial charge in [-0.2, -0.15) is 4.31 Å². The van der Waals surface area contributed by atoms with Crippen LogP contribution in [0, 0.1) is 0 Å². The van der Waals surface area contributed by atoms with E-state index < -0.39 is 16.0 Å². The average Bonchev–Trinajstić information content (AvgIpc) is 2.60. The van der Waals surface area contributed by atoms with Gasteiger partial charge in [0, 0.05) is 26.2 Å². The Balaban J connectivity index is 1.88. The second-order valence-corrected chi connectivity index (χ2v) is 7.78. The number of halogens is 1. The summed E-state index contributed by atoms with van der Waals surface area (Å²) in [4.78, 5) is 24.7. The Labute approximate surface area is 151 Å². The van der Waals surface area contributed by atoms with Crippen molar-refractivity contribution in [3.63, 3.8) is 0 Å². The molecule has 138 valence electrons. The average molecular weight is 390 g/mol. The fourth-order valence-corrected chi connectivity index (χ4v) is 4.34. The largest absolute Gasteiger partial charge is 0.468 e. The second kappa shape index (κ2) is 8.61. The van der Waals surface area contributed by atoms with Gasteiger partial charge >= 0.3 is 5.97 Å². The van der Waals surface area contributed by atoms with Crippen LogP contribution in [0.3, 0.4) is 0 Å². The number of amides is 1. The maximum absolute atomic E-state index is 12.6. The van der Waals surface area contributed by atoms with Gasteiger partial charge in [-0.15, -0.1) is 0 Å². The first kappa shape index (κ1) is 19.6. The maximum atomic E-state index is 12.6. The fourth-order valence-electron chi connectivity index (χ4n) is 2.42. The van der Waals surface area contributed by atoms with E-state index in [0.717, 1.165) is 0 Å². The zero-order valence-corrected chi connectivity index (χ0v) is 15.3. The Bertz CT molecular complexity index is 732. The van der Waals surface area contributed by atoms with Gasteiger partial charge in [-0.3, -0.25) is 14.5 Å². The van der Waals surface area contributed by atoms with Crippen LogP contribution in [0.4, 0.5) is 0 Å². The summed E-state index contributed by atoms with van der Waals surface area (Å²) in [6, 6.07) is 6.31. The molecule has 0 unspecified atom stereocenters. The summed E-state index contributed by atoms with van der Waals surface area (Å²) >= 11 is 5.99. The molecule has 1 aromatic rings. The number of hydrogen-bond acceptors (Lipinski definition) is 6. The monoisotopic (exact) mass is 389 g/mol. The van der Waals surface area contributed by atoms with Crippen molar-refractivity contribution in [3.05, 3.63) is 29.3 Å². The van der Waals surface area contributed by atoms with Crippen molar-refractivity contribution < 1.29 is 22.7 Å². The summed E-state index contributed by atoms with van der Waals surface area (Å²) in [5.74, 6) is -0.836. The third-order valence-corrected chi connectivity index (χ3v) is 6.21. The third-order valence-electron chi connectivity index (χ3n) is 3.81. The number of carbonyl (C=O) groups excluding carboxylic acids is 2. The molecule has 0 aromatic heterocycles. The van der Waals surface area contributed by atoms with Crippen molar-refractivity contribution in [2.45, 2.75) is 4.90 Å². The van der Waals surface area contributed by atoms with E-state index in [2.05, 4.69) is 10.1 Å². The van der Waals surface area contributed by atoms with Crippen LogP contribution in [0.15, 0.2) is 29.2 Å². The lowest BCUT2D eigenvalue weighted by Gasteiger charge is -2.33. The lowest BCUT2D eigenvalue weighted by molar-refractivity contribution is -0.141. The summed E-state index contributed by atoms with van der Waals surface area (Å²) in [5, 5.41) is 2.64. The molecule has 8 nitrogen and oxygen atoms in total. The van der Waals surface area contributed by atoms with Crippen LogP contribution in [-0.2, 0) is 24.3 Å². The van der Waals surface area contributed by atoms with Gasteiger partial charge in [0.25, 0.3) is 0 Å². The zero-order valence-electron chi connectivity index (χ0n) is 13.8. The van der Waals surface area contributed by atoms with Gasteiger partial charge in [0.2, 0.25) is 15.9 Å².